The van der Waals surface area contributed by atoms with Gasteiger partial charge in [0.2, 0.25) is 0 Å². The molecule has 0 N–H and O–H groups in total. The first-order chi connectivity index (χ1) is 6.65. The molecular formula is C10H8ClO3-. The lowest BCUT2D eigenvalue weighted by atomic mass is 10.1. The second-order valence-corrected chi connectivity index (χ2v) is 3.00. The van der Waals surface area contributed by atoms with E-state index in [9.17, 15) is 9.90 Å². The third kappa shape index (κ3) is 2.50. The van der Waals surface area contributed by atoms with Crippen molar-refractivity contribution in [1.82, 2.24) is 0 Å². The molecule has 0 saturated heterocycles. The van der Waals surface area contributed by atoms with E-state index in [0.29, 0.717) is 10.6 Å². The molecule has 0 atom stereocenters. The van der Waals surface area contributed by atoms with Crippen LogP contribution < -0.4 is 5.11 Å². The average Bonchev–Trinajstić information content (AvgIpc) is 2.15. The average molecular weight is 212 g/mol. The third-order valence-corrected chi connectivity index (χ3v) is 1.86. The minimum atomic E-state index is -1.28. The van der Waals surface area contributed by atoms with E-state index in [1.807, 2.05) is 0 Å². The number of benzene rings is 1. The molecule has 1 aromatic carbocycles. The van der Waals surface area contributed by atoms with Crippen molar-refractivity contribution in [3.63, 3.8) is 0 Å². The van der Waals surface area contributed by atoms with Crippen LogP contribution in [0, 0.1) is 0 Å². The van der Waals surface area contributed by atoms with Gasteiger partial charge >= 0.3 is 0 Å². The van der Waals surface area contributed by atoms with Gasteiger partial charge in [0.05, 0.1) is 19.3 Å². The summed E-state index contributed by atoms with van der Waals surface area (Å²) in [6.07, 6.45) is 1.12. The van der Waals surface area contributed by atoms with Crippen molar-refractivity contribution < 1.29 is 14.6 Å². The molecule has 0 bridgehead atoms. The standard InChI is InChI=1S/C10H9ClO3/c1-14-6-9(10(12)13)7-2-4-8(11)5-3-7/h2-6H,1H3,(H,12,13)/p-1/b9-6-. The molecule has 0 aromatic heterocycles. The minimum Gasteiger partial charge on any atom is -0.545 e. The van der Waals surface area contributed by atoms with Crippen LogP contribution in [-0.4, -0.2) is 13.1 Å². The first-order valence-electron chi connectivity index (χ1n) is 3.85. The van der Waals surface area contributed by atoms with Gasteiger partial charge < -0.3 is 14.6 Å². The number of hydrogen-bond donors (Lipinski definition) is 0. The van der Waals surface area contributed by atoms with E-state index in [-0.39, 0.29) is 5.57 Å². The summed E-state index contributed by atoms with van der Waals surface area (Å²) in [6, 6.07) is 6.37. The van der Waals surface area contributed by atoms with Crippen LogP contribution in [0.15, 0.2) is 30.5 Å². The Kier molecular flexibility index (Phi) is 3.54. The monoisotopic (exact) mass is 211 g/mol. The van der Waals surface area contributed by atoms with Crippen LogP contribution in [0.5, 0.6) is 0 Å². The molecule has 0 radical (unpaired) electrons. The van der Waals surface area contributed by atoms with Crippen LogP contribution in [0.2, 0.25) is 5.02 Å². The highest BCUT2D eigenvalue weighted by Gasteiger charge is 2.02. The van der Waals surface area contributed by atoms with Crippen LogP contribution >= 0.6 is 11.6 Å². The summed E-state index contributed by atoms with van der Waals surface area (Å²) in [6.45, 7) is 0. The summed E-state index contributed by atoms with van der Waals surface area (Å²) < 4.78 is 4.63. The summed E-state index contributed by atoms with van der Waals surface area (Å²) in [5, 5.41) is 11.2. The van der Waals surface area contributed by atoms with Crippen molar-refractivity contribution in [1.29, 1.82) is 0 Å². The fraction of sp³-hybridized carbons (Fsp3) is 0.100. The Morgan fingerprint density at radius 3 is 2.43 bits per heavy atom. The predicted octanol–water partition coefficient (Wildman–Crippen LogP) is 1.08. The minimum absolute atomic E-state index is 0.0100. The number of halogens is 1. The van der Waals surface area contributed by atoms with E-state index in [2.05, 4.69) is 4.74 Å². The summed E-state index contributed by atoms with van der Waals surface area (Å²) in [7, 11) is 1.37. The molecule has 0 aliphatic rings. The largest absolute Gasteiger partial charge is 0.545 e. The number of ether oxygens (including phenoxy) is 1. The molecule has 4 heteroatoms. The SMILES string of the molecule is CO/C=C(\C(=O)[O-])c1ccc(Cl)cc1. The first-order valence-corrected chi connectivity index (χ1v) is 4.23. The fourth-order valence-corrected chi connectivity index (χ4v) is 1.11. The summed E-state index contributed by atoms with van der Waals surface area (Å²) in [4.78, 5) is 10.7. The lowest BCUT2D eigenvalue weighted by molar-refractivity contribution is -0.295. The van der Waals surface area contributed by atoms with E-state index in [1.54, 1.807) is 24.3 Å². The first kappa shape index (κ1) is 10.6. The summed E-state index contributed by atoms with van der Waals surface area (Å²) in [5.74, 6) is -1.28. The lowest BCUT2D eigenvalue weighted by Crippen LogP contribution is -2.23. The van der Waals surface area contributed by atoms with Crippen LogP contribution in [0.3, 0.4) is 0 Å². The predicted molar refractivity (Wildman–Crippen MR) is 51.4 cm³/mol. The zero-order valence-electron chi connectivity index (χ0n) is 7.49. The molecule has 3 nitrogen and oxygen atoms in total. The highest BCUT2D eigenvalue weighted by molar-refractivity contribution is 6.30. The maximum absolute atomic E-state index is 10.7. The van der Waals surface area contributed by atoms with E-state index < -0.39 is 5.97 Å². The number of carboxylic acids is 1. The molecule has 0 unspecified atom stereocenters. The molecule has 0 spiro atoms. The quantitative estimate of drug-likeness (QED) is 0.555. The molecule has 1 rings (SSSR count). The van der Waals surface area contributed by atoms with Crippen molar-refractivity contribution in [2.24, 2.45) is 0 Å². The van der Waals surface area contributed by atoms with Gasteiger partial charge in [-0.2, -0.15) is 0 Å². The third-order valence-electron chi connectivity index (χ3n) is 1.61. The van der Waals surface area contributed by atoms with Gasteiger partial charge in [-0.15, -0.1) is 0 Å². The van der Waals surface area contributed by atoms with Crippen molar-refractivity contribution in [2.45, 2.75) is 0 Å². The maximum Gasteiger partial charge on any atom is 0.0921 e. The Morgan fingerprint density at radius 2 is 2.00 bits per heavy atom. The van der Waals surface area contributed by atoms with Crippen molar-refractivity contribution in [3.05, 3.63) is 41.1 Å². The Labute approximate surface area is 86.6 Å². The number of carbonyl (C=O) groups excluding carboxylic acids is 1. The van der Waals surface area contributed by atoms with Gasteiger partial charge in [0.1, 0.15) is 0 Å². The molecule has 74 valence electrons. The topological polar surface area (TPSA) is 49.4 Å². The normalized spacial score (nSPS) is 11.1. The zero-order chi connectivity index (χ0) is 10.6. The van der Waals surface area contributed by atoms with Crippen LogP contribution in [0.25, 0.3) is 5.57 Å². The lowest BCUT2D eigenvalue weighted by Gasteiger charge is -2.07. The molecule has 1 aromatic rings. The molecule has 0 heterocycles. The fourth-order valence-electron chi connectivity index (χ4n) is 0.981. The van der Waals surface area contributed by atoms with Crippen LogP contribution in [0.4, 0.5) is 0 Å². The van der Waals surface area contributed by atoms with Gasteiger partial charge in [0.15, 0.2) is 0 Å². The summed E-state index contributed by atoms with van der Waals surface area (Å²) >= 11 is 5.66. The molecule has 0 fully saturated rings. The van der Waals surface area contributed by atoms with Crippen LogP contribution in [0.1, 0.15) is 5.56 Å². The van der Waals surface area contributed by atoms with Gasteiger partial charge in [-0.1, -0.05) is 23.7 Å². The summed E-state index contributed by atoms with van der Waals surface area (Å²) in [5.41, 5.74) is 0.486. The number of carboxylic acid groups (broad SMARTS) is 1. The van der Waals surface area contributed by atoms with Gasteiger partial charge in [-0.25, -0.2) is 0 Å². The van der Waals surface area contributed by atoms with E-state index in [0.717, 1.165) is 6.26 Å². The molecule has 0 aliphatic carbocycles. The smallest absolute Gasteiger partial charge is 0.0921 e. The Bertz CT molecular complexity index is 354. The Morgan fingerprint density at radius 1 is 1.43 bits per heavy atom. The van der Waals surface area contributed by atoms with Gasteiger partial charge in [-0.3, -0.25) is 0 Å². The number of carbonyl (C=O) groups is 1. The van der Waals surface area contributed by atoms with E-state index in [4.69, 9.17) is 11.6 Å². The maximum atomic E-state index is 10.7. The molecule has 0 amide bonds. The van der Waals surface area contributed by atoms with Crippen LogP contribution in [-0.2, 0) is 9.53 Å². The van der Waals surface area contributed by atoms with Gasteiger partial charge in [0.25, 0.3) is 0 Å². The number of rotatable bonds is 3. The van der Waals surface area contributed by atoms with Crippen molar-refractivity contribution in [3.8, 4) is 0 Å². The molecular weight excluding hydrogens is 204 g/mol. The van der Waals surface area contributed by atoms with Crippen molar-refractivity contribution in [2.75, 3.05) is 7.11 Å². The second kappa shape index (κ2) is 4.67. The van der Waals surface area contributed by atoms with Gasteiger partial charge in [-0.05, 0) is 17.7 Å². The molecule has 14 heavy (non-hydrogen) atoms. The van der Waals surface area contributed by atoms with E-state index in [1.165, 1.54) is 7.11 Å². The molecule has 0 aliphatic heterocycles. The zero-order valence-corrected chi connectivity index (χ0v) is 8.25. The number of methoxy groups -OCH3 is 1. The Balaban J connectivity index is 3.06. The van der Waals surface area contributed by atoms with Gasteiger partial charge in [0, 0.05) is 10.6 Å². The molecule has 0 saturated carbocycles. The Hall–Kier alpha value is -1.48. The second-order valence-electron chi connectivity index (χ2n) is 2.56. The van der Waals surface area contributed by atoms with Crippen molar-refractivity contribution >= 4 is 23.1 Å². The highest BCUT2D eigenvalue weighted by Crippen LogP contribution is 2.16. The number of hydrogen-bond acceptors (Lipinski definition) is 3. The number of aliphatic carboxylic acids is 1. The highest BCUT2D eigenvalue weighted by atomic mass is 35.5. The van der Waals surface area contributed by atoms with E-state index >= 15 is 0 Å².